The second-order valence-corrected chi connectivity index (χ2v) is 10.1. The number of aryl methyl sites for hydroxylation is 1. The van der Waals surface area contributed by atoms with E-state index in [-0.39, 0.29) is 21.2 Å². The largest absolute Gasteiger partial charge is 0.468 e. The first kappa shape index (κ1) is 21.3. The first-order chi connectivity index (χ1) is 13.9. The number of hydrogen-bond donors (Lipinski definition) is 2. The minimum atomic E-state index is -3.77. The Bertz CT molecular complexity index is 1050. The molecule has 29 heavy (non-hydrogen) atoms. The monoisotopic (exact) mass is 452 g/mol. The van der Waals surface area contributed by atoms with Crippen LogP contribution in [0.4, 0.5) is 10.8 Å². The van der Waals surface area contributed by atoms with Crippen molar-refractivity contribution < 1.29 is 17.6 Å². The summed E-state index contributed by atoms with van der Waals surface area (Å²) in [5.74, 6) is 1.28. The van der Waals surface area contributed by atoms with Crippen molar-refractivity contribution in [1.82, 2.24) is 10.2 Å². The van der Waals surface area contributed by atoms with Gasteiger partial charge in [0, 0.05) is 5.69 Å². The Hall–Kier alpha value is -2.37. The Balaban J connectivity index is 1.60. The molecule has 0 aliphatic carbocycles. The lowest BCUT2D eigenvalue weighted by atomic mass is 10.3. The summed E-state index contributed by atoms with van der Waals surface area (Å²) in [5, 5.41) is 11.0. The van der Waals surface area contributed by atoms with Gasteiger partial charge in [-0.2, -0.15) is 0 Å². The lowest BCUT2D eigenvalue weighted by Gasteiger charge is -2.14. The van der Waals surface area contributed by atoms with Crippen LogP contribution in [0.3, 0.4) is 0 Å². The summed E-state index contributed by atoms with van der Waals surface area (Å²) < 4.78 is 32.5. The molecule has 2 N–H and O–H groups in total. The van der Waals surface area contributed by atoms with Crippen LogP contribution in [0.1, 0.15) is 24.1 Å². The highest BCUT2D eigenvalue weighted by atomic mass is 32.2. The number of carbonyl (C=O) groups is 1. The molecule has 0 aliphatic rings. The number of carbonyl (C=O) groups excluding carboxylic acids is 1. The normalized spacial score (nSPS) is 12.5. The van der Waals surface area contributed by atoms with Crippen molar-refractivity contribution in [2.75, 3.05) is 10.0 Å². The van der Waals surface area contributed by atoms with Crippen molar-refractivity contribution in [2.24, 2.45) is 0 Å². The van der Waals surface area contributed by atoms with Crippen molar-refractivity contribution in [3.8, 4) is 0 Å². The SMILES string of the molecule is CCC(SCc1ccco1)C(=O)Nc1ccc(S(=O)(=O)Nc2nnc(C)s2)cc1. The van der Waals surface area contributed by atoms with Gasteiger partial charge < -0.3 is 9.73 Å². The van der Waals surface area contributed by atoms with E-state index in [1.165, 1.54) is 23.9 Å². The van der Waals surface area contributed by atoms with Crippen molar-refractivity contribution in [1.29, 1.82) is 0 Å². The molecule has 1 aromatic carbocycles. The summed E-state index contributed by atoms with van der Waals surface area (Å²) in [5.41, 5.74) is 0.526. The summed E-state index contributed by atoms with van der Waals surface area (Å²) in [6, 6.07) is 9.66. The van der Waals surface area contributed by atoms with Gasteiger partial charge in [0.2, 0.25) is 11.0 Å². The van der Waals surface area contributed by atoms with E-state index in [1.807, 2.05) is 19.1 Å². The van der Waals surface area contributed by atoms with Gasteiger partial charge in [-0.3, -0.25) is 9.52 Å². The molecular formula is C18H20N4O4S3. The summed E-state index contributed by atoms with van der Waals surface area (Å²) in [6.07, 6.45) is 2.27. The molecule has 11 heteroatoms. The topological polar surface area (TPSA) is 114 Å². The number of benzene rings is 1. The number of aromatic nitrogens is 2. The van der Waals surface area contributed by atoms with Crippen molar-refractivity contribution in [2.45, 2.75) is 36.2 Å². The van der Waals surface area contributed by atoms with E-state index in [2.05, 4.69) is 20.2 Å². The Kier molecular flexibility index (Phi) is 6.93. The maximum Gasteiger partial charge on any atom is 0.263 e. The summed E-state index contributed by atoms with van der Waals surface area (Å²) in [4.78, 5) is 12.6. The predicted octanol–water partition coefficient (Wildman–Crippen LogP) is 3.89. The fraction of sp³-hybridized carbons (Fsp3) is 0.278. The van der Waals surface area contributed by atoms with E-state index in [4.69, 9.17) is 4.42 Å². The summed E-state index contributed by atoms with van der Waals surface area (Å²) in [6.45, 7) is 3.68. The molecule has 2 heterocycles. The van der Waals surface area contributed by atoms with Gasteiger partial charge in [-0.05, 0) is 49.7 Å². The Morgan fingerprint density at radius 3 is 2.59 bits per heavy atom. The molecule has 0 saturated carbocycles. The molecule has 0 radical (unpaired) electrons. The predicted molar refractivity (Wildman–Crippen MR) is 115 cm³/mol. The molecule has 0 fully saturated rings. The van der Waals surface area contributed by atoms with E-state index in [9.17, 15) is 13.2 Å². The third-order valence-electron chi connectivity index (χ3n) is 3.85. The molecular weight excluding hydrogens is 432 g/mol. The molecule has 2 aromatic heterocycles. The van der Waals surface area contributed by atoms with Crippen LogP contribution in [0.5, 0.6) is 0 Å². The van der Waals surface area contributed by atoms with Gasteiger partial charge in [-0.15, -0.1) is 22.0 Å². The number of anilines is 2. The maximum absolute atomic E-state index is 12.5. The molecule has 0 aliphatic heterocycles. The molecule has 0 spiro atoms. The fourth-order valence-electron chi connectivity index (χ4n) is 2.41. The Morgan fingerprint density at radius 2 is 2.00 bits per heavy atom. The zero-order valence-electron chi connectivity index (χ0n) is 15.8. The van der Waals surface area contributed by atoms with Gasteiger partial charge in [0.25, 0.3) is 10.0 Å². The summed E-state index contributed by atoms with van der Waals surface area (Å²) in [7, 11) is -3.77. The van der Waals surface area contributed by atoms with E-state index < -0.39 is 10.0 Å². The first-order valence-electron chi connectivity index (χ1n) is 8.75. The average molecular weight is 453 g/mol. The highest BCUT2D eigenvalue weighted by molar-refractivity contribution is 7.99. The lowest BCUT2D eigenvalue weighted by molar-refractivity contribution is -0.115. The molecule has 0 bridgehead atoms. The number of rotatable bonds is 9. The number of furan rings is 1. The quantitative estimate of drug-likeness (QED) is 0.506. The van der Waals surface area contributed by atoms with Crippen LogP contribution in [-0.4, -0.2) is 29.8 Å². The van der Waals surface area contributed by atoms with Gasteiger partial charge in [-0.1, -0.05) is 18.3 Å². The molecule has 3 rings (SSSR count). The number of nitrogens with one attached hydrogen (secondary N) is 2. The lowest BCUT2D eigenvalue weighted by Crippen LogP contribution is -2.24. The second-order valence-electron chi connectivity index (χ2n) is 6.03. The van der Waals surface area contributed by atoms with E-state index in [0.29, 0.717) is 22.9 Å². The zero-order valence-corrected chi connectivity index (χ0v) is 18.2. The standard InChI is InChI=1S/C18H20N4O4S3/c1-3-16(27-11-14-5-4-10-26-14)17(23)19-13-6-8-15(9-7-13)29(24,25)22-18-21-20-12(2)28-18/h4-10,16H,3,11H2,1-2H3,(H,19,23)(H,21,22). The highest BCUT2D eigenvalue weighted by Crippen LogP contribution is 2.24. The highest BCUT2D eigenvalue weighted by Gasteiger charge is 2.19. The molecule has 0 saturated heterocycles. The smallest absolute Gasteiger partial charge is 0.263 e. The van der Waals surface area contributed by atoms with Crippen molar-refractivity contribution in [3.05, 3.63) is 53.4 Å². The third kappa shape index (κ3) is 5.81. The number of amides is 1. The van der Waals surface area contributed by atoms with Crippen LogP contribution >= 0.6 is 23.1 Å². The van der Waals surface area contributed by atoms with Gasteiger partial charge in [0.1, 0.15) is 10.8 Å². The molecule has 1 amide bonds. The number of hydrogen-bond acceptors (Lipinski definition) is 8. The fourth-order valence-corrected chi connectivity index (χ4v) is 5.21. The Morgan fingerprint density at radius 1 is 1.24 bits per heavy atom. The summed E-state index contributed by atoms with van der Waals surface area (Å²) >= 11 is 2.65. The third-order valence-corrected chi connectivity index (χ3v) is 7.49. The number of nitrogens with zero attached hydrogens (tertiary/aromatic N) is 2. The average Bonchev–Trinajstić information content (AvgIpc) is 3.34. The Labute approximate surface area is 177 Å². The van der Waals surface area contributed by atoms with Gasteiger partial charge >= 0.3 is 0 Å². The van der Waals surface area contributed by atoms with Crippen LogP contribution in [0.15, 0.2) is 52.0 Å². The van der Waals surface area contributed by atoms with E-state index in [0.717, 1.165) is 17.1 Å². The molecule has 1 unspecified atom stereocenters. The minimum absolute atomic E-state index is 0.0718. The number of thioether (sulfide) groups is 1. The first-order valence-corrected chi connectivity index (χ1v) is 12.1. The molecule has 1 atom stereocenters. The molecule has 3 aromatic rings. The minimum Gasteiger partial charge on any atom is -0.468 e. The number of sulfonamides is 1. The van der Waals surface area contributed by atoms with Crippen molar-refractivity contribution in [3.63, 3.8) is 0 Å². The zero-order chi connectivity index (χ0) is 20.9. The van der Waals surface area contributed by atoms with Gasteiger partial charge in [0.15, 0.2) is 0 Å². The maximum atomic E-state index is 12.5. The molecule has 8 nitrogen and oxygen atoms in total. The van der Waals surface area contributed by atoms with Gasteiger partial charge in [-0.25, -0.2) is 8.42 Å². The van der Waals surface area contributed by atoms with Crippen LogP contribution in [0.25, 0.3) is 0 Å². The van der Waals surface area contributed by atoms with Crippen LogP contribution in [-0.2, 0) is 20.6 Å². The molecule has 154 valence electrons. The van der Waals surface area contributed by atoms with E-state index in [1.54, 1.807) is 25.3 Å². The van der Waals surface area contributed by atoms with E-state index >= 15 is 0 Å². The second kappa shape index (κ2) is 9.42. The van der Waals surface area contributed by atoms with Crippen LogP contribution in [0.2, 0.25) is 0 Å². The van der Waals surface area contributed by atoms with Crippen LogP contribution < -0.4 is 10.0 Å². The van der Waals surface area contributed by atoms with Crippen molar-refractivity contribution >= 4 is 49.8 Å². The van der Waals surface area contributed by atoms with Gasteiger partial charge in [0.05, 0.1) is 22.2 Å². The van der Waals surface area contributed by atoms with Crippen LogP contribution in [0, 0.1) is 6.92 Å².